The summed E-state index contributed by atoms with van der Waals surface area (Å²) in [6, 6.07) is 0.591. The molecule has 1 aliphatic carbocycles. The molecule has 5 rings (SSSR count). The normalized spacial score (nSPS) is 40.6. The third kappa shape index (κ3) is 5.31. The van der Waals surface area contributed by atoms with Gasteiger partial charge >= 0.3 is 0 Å². The van der Waals surface area contributed by atoms with Gasteiger partial charge in [-0.3, -0.25) is 19.8 Å². The fourth-order valence-electron chi connectivity index (χ4n) is 7.29. The van der Waals surface area contributed by atoms with Gasteiger partial charge in [-0.15, -0.1) is 0 Å². The SMILES string of the molecule is NC(=O)C1CCN(C2CC(C3NOC([C@@H]4CCC[NH+]4CC4CCCCC4)N3)CC[NH2+]2)CC1. The zero-order valence-corrected chi connectivity index (χ0v) is 19.8. The van der Waals surface area contributed by atoms with Crippen molar-refractivity contribution >= 4 is 5.91 Å². The van der Waals surface area contributed by atoms with Gasteiger partial charge in [0.1, 0.15) is 12.2 Å². The Hall–Kier alpha value is -0.770. The second-order valence-electron chi connectivity index (χ2n) is 11.3. The highest BCUT2D eigenvalue weighted by Crippen LogP contribution is 2.26. The Morgan fingerprint density at radius 3 is 2.66 bits per heavy atom. The largest absolute Gasteiger partial charge is 0.369 e. The molecule has 0 bridgehead atoms. The highest BCUT2D eigenvalue weighted by atomic mass is 16.7. The minimum Gasteiger partial charge on any atom is -0.369 e. The van der Waals surface area contributed by atoms with Gasteiger partial charge in [0.15, 0.2) is 6.23 Å². The van der Waals surface area contributed by atoms with Crippen LogP contribution in [-0.4, -0.2) is 68.1 Å². The fraction of sp³-hybridized carbons (Fsp3) is 0.958. The molecule has 4 heterocycles. The summed E-state index contributed by atoms with van der Waals surface area (Å²) < 4.78 is 0. The van der Waals surface area contributed by atoms with Crippen LogP contribution in [0.5, 0.6) is 0 Å². The van der Waals surface area contributed by atoms with E-state index < -0.39 is 0 Å². The number of quaternary nitrogens is 2. The first-order chi connectivity index (χ1) is 15.7. The van der Waals surface area contributed by atoms with Crippen molar-refractivity contribution < 1.29 is 19.8 Å². The number of hydroxylamine groups is 1. The fourth-order valence-corrected chi connectivity index (χ4v) is 7.29. The summed E-state index contributed by atoms with van der Waals surface area (Å²) in [6.45, 7) is 5.81. The number of amides is 1. The summed E-state index contributed by atoms with van der Waals surface area (Å²) >= 11 is 0. The van der Waals surface area contributed by atoms with Crippen LogP contribution in [0.4, 0.5) is 0 Å². The summed E-state index contributed by atoms with van der Waals surface area (Å²) in [4.78, 5) is 22.0. The standard InChI is InChI=1S/C24H44N6O2/c25-22(31)18-9-13-29(14-10-18)21-15-19(8-11-26-21)23-27-24(32-28-23)20-7-4-12-30(20)16-17-5-2-1-3-6-17/h17-21,23-24,26-28H,1-16H2,(H2,25,31)/p+2/t19?,20-,21?,23?,24?/m0/s1. The van der Waals surface area contributed by atoms with E-state index in [1.165, 1.54) is 70.9 Å². The Morgan fingerprint density at radius 2 is 1.88 bits per heavy atom. The molecule has 0 spiro atoms. The molecule has 0 aromatic carbocycles. The summed E-state index contributed by atoms with van der Waals surface area (Å²) in [7, 11) is 0. The molecule has 0 aromatic heterocycles. The Bertz CT molecular complexity index is 622. The lowest BCUT2D eigenvalue weighted by molar-refractivity contribution is -0.919. The third-order valence-electron chi connectivity index (χ3n) is 9.24. The maximum absolute atomic E-state index is 11.5. The summed E-state index contributed by atoms with van der Waals surface area (Å²) in [5, 5.41) is 6.37. The molecule has 5 aliphatic rings. The van der Waals surface area contributed by atoms with Gasteiger partial charge in [-0.05, 0) is 25.7 Å². The predicted octanol–water partition coefficient (Wildman–Crippen LogP) is -1.11. The second kappa shape index (κ2) is 10.7. The van der Waals surface area contributed by atoms with E-state index >= 15 is 0 Å². The highest BCUT2D eigenvalue weighted by molar-refractivity contribution is 5.76. The van der Waals surface area contributed by atoms with Crippen LogP contribution in [0.2, 0.25) is 0 Å². The van der Waals surface area contributed by atoms with Crippen molar-refractivity contribution in [3.8, 4) is 0 Å². The van der Waals surface area contributed by atoms with Crippen LogP contribution >= 0.6 is 0 Å². The number of nitrogens with zero attached hydrogens (tertiary/aromatic N) is 1. The zero-order valence-electron chi connectivity index (χ0n) is 19.8. The first-order valence-electron chi connectivity index (χ1n) is 13.6. The molecule has 5 fully saturated rings. The van der Waals surface area contributed by atoms with Gasteiger partial charge in [0.2, 0.25) is 5.91 Å². The van der Waals surface area contributed by atoms with Crippen molar-refractivity contribution in [1.82, 2.24) is 15.7 Å². The van der Waals surface area contributed by atoms with Crippen LogP contribution in [0.25, 0.3) is 0 Å². The molecular formula is C24H46N6O2+2. The number of carbonyl (C=O) groups is 1. The molecule has 7 N–H and O–H groups in total. The number of nitrogens with one attached hydrogen (secondary N) is 3. The number of primary amides is 1. The number of piperidine rings is 2. The van der Waals surface area contributed by atoms with E-state index in [0.29, 0.717) is 18.1 Å². The predicted molar refractivity (Wildman–Crippen MR) is 122 cm³/mol. The molecule has 8 heteroatoms. The zero-order chi connectivity index (χ0) is 21.9. The smallest absolute Gasteiger partial charge is 0.220 e. The highest BCUT2D eigenvalue weighted by Gasteiger charge is 2.45. The number of carbonyl (C=O) groups excluding carboxylic acids is 1. The molecule has 32 heavy (non-hydrogen) atoms. The Labute approximate surface area is 193 Å². The number of rotatable bonds is 6. The summed E-state index contributed by atoms with van der Waals surface area (Å²) in [5.41, 5.74) is 8.93. The van der Waals surface area contributed by atoms with Gasteiger partial charge in [-0.25, -0.2) is 0 Å². The maximum atomic E-state index is 11.5. The number of nitrogens with two attached hydrogens (primary N) is 2. The van der Waals surface area contributed by atoms with Gasteiger partial charge in [0, 0.05) is 56.5 Å². The van der Waals surface area contributed by atoms with E-state index in [1.807, 2.05) is 0 Å². The van der Waals surface area contributed by atoms with Crippen LogP contribution < -0.4 is 26.7 Å². The molecule has 182 valence electrons. The Balaban J connectivity index is 1.11. The monoisotopic (exact) mass is 450 g/mol. The third-order valence-corrected chi connectivity index (χ3v) is 9.24. The molecule has 4 saturated heterocycles. The van der Waals surface area contributed by atoms with Gasteiger partial charge < -0.3 is 16.0 Å². The van der Waals surface area contributed by atoms with E-state index in [1.54, 1.807) is 4.90 Å². The van der Waals surface area contributed by atoms with Crippen molar-refractivity contribution in [3.05, 3.63) is 0 Å². The minimum absolute atomic E-state index is 0.0726. The van der Waals surface area contributed by atoms with Gasteiger partial charge in [0.05, 0.1) is 25.8 Å². The van der Waals surface area contributed by atoms with Crippen molar-refractivity contribution in [1.29, 1.82) is 0 Å². The van der Waals surface area contributed by atoms with Gasteiger partial charge in [-0.1, -0.05) is 19.3 Å². The van der Waals surface area contributed by atoms with Crippen LogP contribution in [0.3, 0.4) is 0 Å². The second-order valence-corrected chi connectivity index (χ2v) is 11.3. The number of hydrogen-bond acceptors (Lipinski definition) is 5. The lowest BCUT2D eigenvalue weighted by atomic mass is 9.88. The molecular weight excluding hydrogens is 404 g/mol. The molecule has 0 aromatic rings. The summed E-state index contributed by atoms with van der Waals surface area (Å²) in [6.07, 6.45) is 14.9. The molecule has 8 nitrogen and oxygen atoms in total. The first-order valence-corrected chi connectivity index (χ1v) is 13.6. The van der Waals surface area contributed by atoms with E-state index in [9.17, 15) is 4.79 Å². The topological polar surface area (TPSA) is 101 Å². The molecule has 1 saturated carbocycles. The number of likely N-dealkylation sites (tertiary alicyclic amines) is 2. The maximum Gasteiger partial charge on any atom is 0.220 e. The van der Waals surface area contributed by atoms with Gasteiger partial charge in [0.25, 0.3) is 0 Å². The lowest BCUT2D eigenvalue weighted by Crippen LogP contribution is -3.15. The van der Waals surface area contributed by atoms with E-state index in [0.717, 1.165) is 38.4 Å². The van der Waals surface area contributed by atoms with Crippen molar-refractivity contribution in [2.45, 2.75) is 95.2 Å². The van der Waals surface area contributed by atoms with Crippen molar-refractivity contribution in [3.63, 3.8) is 0 Å². The molecule has 6 atom stereocenters. The molecule has 0 radical (unpaired) electrons. The van der Waals surface area contributed by atoms with Crippen LogP contribution in [0.1, 0.15) is 70.6 Å². The first kappa shape index (κ1) is 23.0. The average Bonchev–Trinajstić information content (AvgIpc) is 3.49. The van der Waals surface area contributed by atoms with E-state index in [4.69, 9.17) is 10.6 Å². The van der Waals surface area contributed by atoms with Crippen molar-refractivity contribution in [2.24, 2.45) is 23.5 Å². The molecule has 4 aliphatic heterocycles. The van der Waals surface area contributed by atoms with Crippen LogP contribution in [-0.2, 0) is 9.63 Å². The minimum atomic E-state index is -0.121. The van der Waals surface area contributed by atoms with Crippen LogP contribution in [0.15, 0.2) is 0 Å². The average molecular weight is 451 g/mol. The molecule has 1 amide bonds. The summed E-state index contributed by atoms with van der Waals surface area (Å²) in [5.74, 6) is 1.47. The Kier molecular flexibility index (Phi) is 7.66. The van der Waals surface area contributed by atoms with Crippen molar-refractivity contribution in [2.75, 3.05) is 32.7 Å². The van der Waals surface area contributed by atoms with Gasteiger partial charge in [-0.2, -0.15) is 5.48 Å². The van der Waals surface area contributed by atoms with E-state index in [2.05, 4.69) is 21.0 Å². The molecule has 5 unspecified atom stereocenters. The lowest BCUT2D eigenvalue weighted by Gasteiger charge is -2.39. The quantitative estimate of drug-likeness (QED) is 0.353. The van der Waals surface area contributed by atoms with Crippen LogP contribution in [0, 0.1) is 17.8 Å². The Morgan fingerprint density at radius 1 is 1.06 bits per heavy atom. The number of hydrogen-bond donors (Lipinski definition) is 5. The van der Waals surface area contributed by atoms with E-state index in [-0.39, 0.29) is 24.2 Å².